The van der Waals surface area contributed by atoms with Gasteiger partial charge in [0.15, 0.2) is 4.90 Å². The van der Waals surface area contributed by atoms with Gasteiger partial charge in [0.1, 0.15) is 11.6 Å². The van der Waals surface area contributed by atoms with E-state index in [4.69, 9.17) is 5.73 Å². The average Bonchev–Trinajstić information content (AvgIpc) is 2.71. The molecular weight excluding hydrogens is 312 g/mol. The number of sulfonamides is 1. The minimum absolute atomic E-state index is 0.221. The van der Waals surface area contributed by atoms with Gasteiger partial charge in [0, 0.05) is 16.8 Å². The van der Waals surface area contributed by atoms with Gasteiger partial charge in [-0.2, -0.15) is 0 Å². The van der Waals surface area contributed by atoms with Gasteiger partial charge in [-0.05, 0) is 12.1 Å². The number of benzene rings is 1. The highest BCUT2D eigenvalue weighted by Gasteiger charge is 2.24. The van der Waals surface area contributed by atoms with Crippen molar-refractivity contribution in [3.63, 3.8) is 0 Å². The maximum absolute atomic E-state index is 13.5. The smallest absolute Gasteiger partial charge is 0.304 e. The van der Waals surface area contributed by atoms with Crippen molar-refractivity contribution in [3.8, 4) is 0 Å². The second kappa shape index (κ2) is 5.31. The van der Waals surface area contributed by atoms with Crippen molar-refractivity contribution in [2.24, 2.45) is 0 Å². The second-order valence-electron chi connectivity index (χ2n) is 3.81. The first-order valence-corrected chi connectivity index (χ1v) is 7.57. The van der Waals surface area contributed by atoms with Gasteiger partial charge < -0.3 is 10.7 Å². The normalized spacial score (nSPS) is 11.7. The number of anilines is 1. The number of H-pyrrole nitrogens is 1. The van der Waals surface area contributed by atoms with Crippen LogP contribution in [0.4, 0.5) is 14.5 Å². The summed E-state index contributed by atoms with van der Waals surface area (Å²) in [6.45, 7) is -0.287. The summed E-state index contributed by atoms with van der Waals surface area (Å²) in [5.74, 6) is -2.57. The maximum Gasteiger partial charge on any atom is 0.304 e. The lowest BCUT2D eigenvalue weighted by Crippen LogP contribution is -2.25. The summed E-state index contributed by atoms with van der Waals surface area (Å²) in [6, 6.07) is 1.42. The largest absolute Gasteiger partial charge is 0.399 e. The van der Waals surface area contributed by atoms with Crippen molar-refractivity contribution in [1.29, 1.82) is 0 Å². The van der Waals surface area contributed by atoms with Gasteiger partial charge >= 0.3 is 4.87 Å². The van der Waals surface area contributed by atoms with E-state index >= 15 is 0 Å². The molecule has 6 nitrogen and oxygen atoms in total. The van der Waals surface area contributed by atoms with Crippen LogP contribution < -0.4 is 15.3 Å². The minimum atomic E-state index is -4.40. The molecule has 20 heavy (non-hydrogen) atoms. The van der Waals surface area contributed by atoms with Crippen LogP contribution in [0.2, 0.25) is 0 Å². The van der Waals surface area contributed by atoms with Crippen LogP contribution >= 0.6 is 11.3 Å². The number of hydrogen-bond donors (Lipinski definition) is 3. The molecule has 1 aromatic carbocycles. The summed E-state index contributed by atoms with van der Waals surface area (Å²) < 4.78 is 52.8. The van der Waals surface area contributed by atoms with Crippen molar-refractivity contribution in [3.05, 3.63) is 44.5 Å². The average molecular weight is 321 g/mol. The van der Waals surface area contributed by atoms with Gasteiger partial charge in [-0.3, -0.25) is 4.79 Å². The summed E-state index contributed by atoms with van der Waals surface area (Å²) in [4.78, 5) is 11.8. The third-order valence-electron chi connectivity index (χ3n) is 2.31. The predicted octanol–water partition coefficient (Wildman–Crippen LogP) is 0.775. The summed E-state index contributed by atoms with van der Waals surface area (Å²) in [5.41, 5.74) is 5.28. The molecule has 0 saturated carbocycles. The highest BCUT2D eigenvalue weighted by Crippen LogP contribution is 2.21. The van der Waals surface area contributed by atoms with Crippen molar-refractivity contribution in [2.75, 3.05) is 5.73 Å². The van der Waals surface area contributed by atoms with Crippen LogP contribution in [0, 0.1) is 11.6 Å². The fraction of sp³-hybridized carbons (Fsp3) is 0.100. The molecule has 1 heterocycles. The zero-order chi connectivity index (χ0) is 14.9. The molecule has 0 aliphatic heterocycles. The number of rotatable bonds is 4. The Morgan fingerprint density at radius 1 is 1.30 bits per heavy atom. The third-order valence-corrected chi connectivity index (χ3v) is 4.48. The fourth-order valence-corrected chi connectivity index (χ4v) is 3.18. The summed E-state index contributed by atoms with van der Waals surface area (Å²) in [7, 11) is -4.40. The molecule has 0 amide bonds. The number of hydrogen-bond acceptors (Lipinski definition) is 5. The molecule has 2 rings (SSSR count). The highest BCUT2D eigenvalue weighted by atomic mass is 32.2. The van der Waals surface area contributed by atoms with E-state index in [1.807, 2.05) is 4.72 Å². The molecule has 108 valence electrons. The lowest BCUT2D eigenvalue weighted by atomic mass is 10.3. The molecular formula is C10H9F2N3O3S2. The zero-order valence-corrected chi connectivity index (χ0v) is 11.4. The van der Waals surface area contributed by atoms with E-state index in [0.717, 1.165) is 11.3 Å². The molecule has 0 aliphatic carbocycles. The van der Waals surface area contributed by atoms with Crippen LogP contribution in [0.15, 0.2) is 27.2 Å². The van der Waals surface area contributed by atoms with Gasteiger partial charge in [0.05, 0.1) is 6.54 Å². The molecule has 0 bridgehead atoms. The quantitative estimate of drug-likeness (QED) is 0.724. The van der Waals surface area contributed by atoms with Gasteiger partial charge in [-0.25, -0.2) is 21.9 Å². The third kappa shape index (κ3) is 3.03. The Morgan fingerprint density at radius 3 is 2.40 bits per heavy atom. The molecule has 0 saturated heterocycles. The first kappa shape index (κ1) is 14.6. The Bertz CT molecular complexity index is 775. The van der Waals surface area contributed by atoms with E-state index in [2.05, 4.69) is 4.98 Å². The lowest BCUT2D eigenvalue weighted by molar-refractivity contribution is 0.514. The highest BCUT2D eigenvalue weighted by molar-refractivity contribution is 7.89. The maximum atomic E-state index is 13.5. The van der Waals surface area contributed by atoms with Crippen LogP contribution in [0.5, 0.6) is 0 Å². The van der Waals surface area contributed by atoms with Crippen molar-refractivity contribution in [2.45, 2.75) is 11.4 Å². The van der Waals surface area contributed by atoms with Crippen molar-refractivity contribution in [1.82, 2.24) is 9.71 Å². The summed E-state index contributed by atoms with van der Waals surface area (Å²) in [5, 5.41) is 1.40. The first-order valence-electron chi connectivity index (χ1n) is 5.20. The number of nitrogen functional groups attached to an aromatic ring is 1. The minimum Gasteiger partial charge on any atom is -0.399 e. The molecule has 4 N–H and O–H groups in total. The Balaban J connectivity index is 2.29. The molecule has 0 fully saturated rings. The van der Waals surface area contributed by atoms with E-state index in [1.54, 1.807) is 0 Å². The summed E-state index contributed by atoms with van der Waals surface area (Å²) >= 11 is 0.848. The van der Waals surface area contributed by atoms with E-state index in [0.29, 0.717) is 17.8 Å². The fourth-order valence-electron chi connectivity index (χ4n) is 1.48. The molecule has 2 aromatic rings. The van der Waals surface area contributed by atoms with Crippen molar-refractivity contribution >= 4 is 27.0 Å². The molecule has 1 aromatic heterocycles. The number of halogens is 2. The van der Waals surface area contributed by atoms with E-state index in [1.165, 1.54) is 5.38 Å². The lowest BCUT2D eigenvalue weighted by Gasteiger charge is -2.08. The summed E-state index contributed by atoms with van der Waals surface area (Å²) in [6.07, 6.45) is 0. The number of aromatic nitrogens is 1. The van der Waals surface area contributed by atoms with Crippen LogP contribution in [0.3, 0.4) is 0 Å². The Hall–Kier alpha value is -1.78. The van der Waals surface area contributed by atoms with Crippen molar-refractivity contribution < 1.29 is 17.2 Å². The number of nitrogens with two attached hydrogens (primary N) is 1. The van der Waals surface area contributed by atoms with Crippen LogP contribution in [-0.4, -0.2) is 13.4 Å². The molecule has 0 spiro atoms. The number of aromatic amines is 1. The Kier molecular flexibility index (Phi) is 3.88. The van der Waals surface area contributed by atoms with Gasteiger partial charge in [-0.15, -0.1) is 0 Å². The van der Waals surface area contributed by atoms with Gasteiger partial charge in [-0.1, -0.05) is 11.3 Å². The Labute approximate surface area is 116 Å². The SMILES string of the molecule is Nc1cc(F)c(S(=O)(=O)NCc2csc(=O)[nH]2)c(F)c1. The second-order valence-corrected chi connectivity index (χ2v) is 6.36. The first-order chi connectivity index (χ1) is 9.29. The molecule has 10 heteroatoms. The van der Waals surface area contributed by atoms with E-state index < -0.39 is 26.6 Å². The number of nitrogens with one attached hydrogen (secondary N) is 2. The molecule has 0 aliphatic rings. The zero-order valence-electron chi connectivity index (χ0n) is 9.81. The Morgan fingerprint density at radius 2 is 1.90 bits per heavy atom. The predicted molar refractivity (Wildman–Crippen MR) is 69.7 cm³/mol. The molecule has 0 radical (unpaired) electrons. The molecule has 0 atom stereocenters. The van der Waals surface area contributed by atoms with E-state index in [-0.39, 0.29) is 17.1 Å². The monoisotopic (exact) mass is 321 g/mol. The van der Waals surface area contributed by atoms with Gasteiger partial charge in [0.2, 0.25) is 10.0 Å². The molecule has 0 unspecified atom stereocenters. The number of thiazole rings is 1. The van der Waals surface area contributed by atoms with Crippen LogP contribution in [0.1, 0.15) is 5.69 Å². The van der Waals surface area contributed by atoms with E-state index in [9.17, 15) is 22.0 Å². The van der Waals surface area contributed by atoms with Gasteiger partial charge in [0.25, 0.3) is 0 Å². The van der Waals surface area contributed by atoms with Crippen LogP contribution in [0.25, 0.3) is 0 Å². The standard InChI is InChI=1S/C10H9F2N3O3S2/c11-7-1-5(13)2-8(12)9(7)20(17,18)14-3-6-4-19-10(16)15-6/h1-2,4,14H,3,13H2,(H,15,16). The van der Waals surface area contributed by atoms with Crippen LogP contribution in [-0.2, 0) is 16.6 Å². The topological polar surface area (TPSA) is 105 Å².